The third-order valence-electron chi connectivity index (χ3n) is 3.71. The Morgan fingerprint density at radius 2 is 1.74 bits per heavy atom. The molecule has 0 unspecified atom stereocenters. The number of aryl methyl sites for hydroxylation is 2. The molecule has 0 saturated carbocycles. The zero-order valence-electron chi connectivity index (χ0n) is 12.5. The van der Waals surface area contributed by atoms with E-state index in [4.69, 9.17) is 14.7 Å². The topological polar surface area (TPSA) is 47.0 Å². The SMILES string of the molecule is Cc1nc(C2CCOCC2)nc(C)c1CNC(C)C. The molecule has 0 aliphatic carbocycles. The first-order valence-corrected chi connectivity index (χ1v) is 7.23. The second-order valence-electron chi connectivity index (χ2n) is 5.65. The van der Waals surface area contributed by atoms with Crippen molar-refractivity contribution in [3.05, 3.63) is 22.8 Å². The monoisotopic (exact) mass is 263 g/mol. The minimum atomic E-state index is 0.471. The van der Waals surface area contributed by atoms with E-state index < -0.39 is 0 Å². The molecule has 4 nitrogen and oxygen atoms in total. The average molecular weight is 263 g/mol. The van der Waals surface area contributed by atoms with Crippen LogP contribution in [0.2, 0.25) is 0 Å². The molecule has 1 saturated heterocycles. The Hall–Kier alpha value is -1.00. The summed E-state index contributed by atoms with van der Waals surface area (Å²) >= 11 is 0. The molecule has 1 aromatic heterocycles. The number of nitrogens with zero attached hydrogens (tertiary/aromatic N) is 2. The van der Waals surface area contributed by atoms with Crippen LogP contribution < -0.4 is 5.32 Å². The molecule has 1 N–H and O–H groups in total. The van der Waals surface area contributed by atoms with E-state index in [0.29, 0.717) is 12.0 Å². The lowest BCUT2D eigenvalue weighted by Crippen LogP contribution is -2.24. The van der Waals surface area contributed by atoms with E-state index in [2.05, 4.69) is 33.0 Å². The first-order valence-electron chi connectivity index (χ1n) is 7.23. The summed E-state index contributed by atoms with van der Waals surface area (Å²) in [6.45, 7) is 11.0. The lowest BCUT2D eigenvalue weighted by Gasteiger charge is -2.22. The summed E-state index contributed by atoms with van der Waals surface area (Å²) in [5.41, 5.74) is 3.47. The third kappa shape index (κ3) is 3.74. The van der Waals surface area contributed by atoms with Crippen molar-refractivity contribution >= 4 is 0 Å². The van der Waals surface area contributed by atoms with Gasteiger partial charge in [0.05, 0.1) is 0 Å². The van der Waals surface area contributed by atoms with Crippen LogP contribution in [-0.2, 0) is 11.3 Å². The second kappa shape index (κ2) is 6.44. The highest BCUT2D eigenvalue weighted by Gasteiger charge is 2.20. The summed E-state index contributed by atoms with van der Waals surface area (Å²) in [4.78, 5) is 9.46. The van der Waals surface area contributed by atoms with Crippen molar-refractivity contribution in [3.63, 3.8) is 0 Å². The van der Waals surface area contributed by atoms with Crippen LogP contribution in [-0.4, -0.2) is 29.2 Å². The minimum Gasteiger partial charge on any atom is -0.381 e. The van der Waals surface area contributed by atoms with E-state index in [1.165, 1.54) is 5.56 Å². The fraction of sp³-hybridized carbons (Fsp3) is 0.733. The van der Waals surface area contributed by atoms with Crippen molar-refractivity contribution in [1.29, 1.82) is 0 Å². The quantitative estimate of drug-likeness (QED) is 0.906. The van der Waals surface area contributed by atoms with Gasteiger partial charge in [-0.1, -0.05) is 13.8 Å². The maximum Gasteiger partial charge on any atom is 0.132 e. The summed E-state index contributed by atoms with van der Waals surface area (Å²) in [6, 6.07) is 0.481. The molecule has 0 spiro atoms. The normalized spacial score (nSPS) is 17.1. The first kappa shape index (κ1) is 14.4. The standard InChI is InChI=1S/C15H25N3O/c1-10(2)16-9-14-11(3)17-15(18-12(14)4)13-5-7-19-8-6-13/h10,13,16H,5-9H2,1-4H3. The van der Waals surface area contributed by atoms with Crippen LogP contribution in [0.3, 0.4) is 0 Å². The Morgan fingerprint density at radius 3 is 2.26 bits per heavy atom. The van der Waals surface area contributed by atoms with Crippen molar-refractivity contribution in [2.75, 3.05) is 13.2 Å². The summed E-state index contributed by atoms with van der Waals surface area (Å²) in [7, 11) is 0. The van der Waals surface area contributed by atoms with E-state index in [1.807, 2.05) is 0 Å². The zero-order valence-corrected chi connectivity index (χ0v) is 12.5. The van der Waals surface area contributed by atoms with E-state index >= 15 is 0 Å². The molecule has 0 atom stereocenters. The van der Waals surface area contributed by atoms with Gasteiger partial charge < -0.3 is 10.1 Å². The van der Waals surface area contributed by atoms with Gasteiger partial charge in [0.15, 0.2) is 0 Å². The number of hydrogen-bond donors (Lipinski definition) is 1. The van der Waals surface area contributed by atoms with Crippen LogP contribution in [0, 0.1) is 13.8 Å². The van der Waals surface area contributed by atoms with Gasteiger partial charge in [-0.3, -0.25) is 0 Å². The fourth-order valence-corrected chi connectivity index (χ4v) is 2.47. The molecule has 1 aliphatic rings. The van der Waals surface area contributed by atoms with Gasteiger partial charge in [0.2, 0.25) is 0 Å². The van der Waals surface area contributed by atoms with E-state index in [9.17, 15) is 0 Å². The molecule has 19 heavy (non-hydrogen) atoms. The van der Waals surface area contributed by atoms with Crippen molar-refractivity contribution in [3.8, 4) is 0 Å². The Kier molecular flexibility index (Phi) is 4.88. The Labute approximate surface area is 116 Å². The highest BCUT2D eigenvalue weighted by Crippen LogP contribution is 2.25. The Balaban J connectivity index is 2.15. The van der Waals surface area contributed by atoms with E-state index in [-0.39, 0.29) is 0 Å². The van der Waals surface area contributed by atoms with Gasteiger partial charge in [-0.2, -0.15) is 0 Å². The molecular weight excluding hydrogens is 238 g/mol. The summed E-state index contributed by atoms with van der Waals surface area (Å²) < 4.78 is 5.40. The summed E-state index contributed by atoms with van der Waals surface area (Å²) in [5, 5.41) is 3.44. The van der Waals surface area contributed by atoms with Crippen molar-refractivity contribution in [2.24, 2.45) is 0 Å². The number of hydrogen-bond acceptors (Lipinski definition) is 4. The van der Waals surface area contributed by atoms with Gasteiger partial charge in [0.1, 0.15) is 5.82 Å². The molecular formula is C15H25N3O. The lowest BCUT2D eigenvalue weighted by atomic mass is 9.98. The lowest BCUT2D eigenvalue weighted by molar-refractivity contribution is 0.0835. The number of nitrogens with one attached hydrogen (secondary N) is 1. The van der Waals surface area contributed by atoms with Gasteiger partial charge in [0, 0.05) is 48.7 Å². The highest BCUT2D eigenvalue weighted by molar-refractivity contribution is 5.25. The predicted octanol–water partition coefficient (Wildman–Crippen LogP) is 2.49. The third-order valence-corrected chi connectivity index (χ3v) is 3.71. The van der Waals surface area contributed by atoms with Crippen LogP contribution in [0.1, 0.15) is 55.4 Å². The highest BCUT2D eigenvalue weighted by atomic mass is 16.5. The molecule has 0 aromatic carbocycles. The molecule has 4 heteroatoms. The summed E-state index contributed by atoms with van der Waals surface area (Å²) in [5.74, 6) is 1.48. The van der Waals surface area contributed by atoms with Gasteiger partial charge in [0.25, 0.3) is 0 Å². The molecule has 2 heterocycles. The first-order chi connectivity index (χ1) is 9.08. The van der Waals surface area contributed by atoms with E-state index in [0.717, 1.165) is 49.8 Å². The maximum atomic E-state index is 5.40. The predicted molar refractivity (Wildman–Crippen MR) is 76.3 cm³/mol. The van der Waals surface area contributed by atoms with Gasteiger partial charge in [-0.25, -0.2) is 9.97 Å². The van der Waals surface area contributed by atoms with Crippen LogP contribution in [0.5, 0.6) is 0 Å². The van der Waals surface area contributed by atoms with E-state index in [1.54, 1.807) is 0 Å². The zero-order chi connectivity index (χ0) is 13.8. The van der Waals surface area contributed by atoms with Crippen LogP contribution in [0.25, 0.3) is 0 Å². The Morgan fingerprint density at radius 1 is 1.16 bits per heavy atom. The minimum absolute atomic E-state index is 0.471. The molecule has 0 bridgehead atoms. The van der Waals surface area contributed by atoms with Gasteiger partial charge in [-0.05, 0) is 26.7 Å². The van der Waals surface area contributed by atoms with Crippen LogP contribution >= 0.6 is 0 Å². The van der Waals surface area contributed by atoms with Crippen molar-refractivity contribution < 1.29 is 4.74 Å². The van der Waals surface area contributed by atoms with Crippen molar-refractivity contribution in [1.82, 2.24) is 15.3 Å². The number of ether oxygens (including phenoxy) is 1. The number of rotatable bonds is 4. The maximum absolute atomic E-state index is 5.40. The molecule has 1 aromatic rings. The molecule has 1 fully saturated rings. The second-order valence-corrected chi connectivity index (χ2v) is 5.65. The van der Waals surface area contributed by atoms with Crippen LogP contribution in [0.4, 0.5) is 0 Å². The fourth-order valence-electron chi connectivity index (χ4n) is 2.47. The van der Waals surface area contributed by atoms with Crippen LogP contribution in [0.15, 0.2) is 0 Å². The average Bonchev–Trinajstić information content (AvgIpc) is 2.38. The smallest absolute Gasteiger partial charge is 0.132 e. The van der Waals surface area contributed by atoms with Crippen molar-refractivity contribution in [2.45, 2.75) is 59.0 Å². The molecule has 0 amide bonds. The molecule has 106 valence electrons. The molecule has 2 rings (SSSR count). The summed E-state index contributed by atoms with van der Waals surface area (Å²) in [6.07, 6.45) is 2.09. The van der Waals surface area contributed by atoms with Gasteiger partial charge in [-0.15, -0.1) is 0 Å². The molecule has 1 aliphatic heterocycles. The Bertz CT molecular complexity index is 402. The molecule has 0 radical (unpaired) electrons. The number of aromatic nitrogens is 2. The largest absolute Gasteiger partial charge is 0.381 e. The van der Waals surface area contributed by atoms with Gasteiger partial charge >= 0.3 is 0 Å².